The Morgan fingerprint density at radius 1 is 0.941 bits per heavy atom. The van der Waals surface area contributed by atoms with Gasteiger partial charge in [-0.1, -0.05) is 0 Å². The van der Waals surface area contributed by atoms with E-state index < -0.39 is 26.6 Å². The average Bonchev–Trinajstić information content (AvgIpc) is 1.96. The van der Waals surface area contributed by atoms with E-state index in [2.05, 4.69) is 9.05 Å². The molecule has 0 N–H and O–H groups in total. The molecule has 0 saturated carbocycles. The highest BCUT2D eigenvalue weighted by molar-refractivity contribution is 7.91. The van der Waals surface area contributed by atoms with E-state index in [0.29, 0.717) is 0 Å². The second-order valence-corrected chi connectivity index (χ2v) is 10.5. The van der Waals surface area contributed by atoms with Crippen LogP contribution in [0.3, 0.4) is 0 Å². The van der Waals surface area contributed by atoms with Crippen molar-refractivity contribution in [1.82, 2.24) is 0 Å². The molecule has 11 heteroatoms. The average molecular weight is 329 g/mol. The smallest absolute Gasteiger partial charge is 0.296 e. The lowest BCUT2D eigenvalue weighted by atomic mass is 10.9. The van der Waals surface area contributed by atoms with Crippen molar-refractivity contribution < 1.29 is 30.4 Å². The summed E-state index contributed by atoms with van der Waals surface area (Å²) in [6, 6.07) is 0. The monoisotopic (exact) mass is 328 g/mol. The fourth-order valence-electron chi connectivity index (χ4n) is 0.633. The highest BCUT2D eigenvalue weighted by Crippen LogP contribution is 2.53. The van der Waals surface area contributed by atoms with E-state index in [9.17, 15) is 21.4 Å². The van der Waals surface area contributed by atoms with Gasteiger partial charge < -0.3 is 0 Å². The second-order valence-electron chi connectivity index (χ2n) is 3.36. The van der Waals surface area contributed by atoms with Crippen molar-refractivity contribution in [3.8, 4) is 0 Å². The number of sulfone groups is 2. The topological polar surface area (TPSA) is 104 Å². The van der Waals surface area contributed by atoms with Gasteiger partial charge in [0.1, 0.15) is 19.7 Å². The van der Waals surface area contributed by atoms with Crippen LogP contribution in [-0.4, -0.2) is 54.1 Å². The number of hydrogen-bond donors (Lipinski definition) is 0. The molecule has 0 atom stereocenters. The summed E-state index contributed by atoms with van der Waals surface area (Å²) in [6.07, 6.45) is 1.97. The first kappa shape index (κ1) is 17.3. The van der Waals surface area contributed by atoms with Crippen LogP contribution in [0, 0.1) is 0 Å². The molecule has 0 aromatic heterocycles. The highest BCUT2D eigenvalue weighted by atomic mass is 35.7. The van der Waals surface area contributed by atoms with Crippen LogP contribution in [0.4, 0.5) is 0 Å². The van der Waals surface area contributed by atoms with E-state index >= 15 is 0 Å². The summed E-state index contributed by atoms with van der Waals surface area (Å²) < 4.78 is 63.3. The largest absolute Gasteiger partial charge is 0.424 e. The molecule has 0 aliphatic heterocycles. The third-order valence-corrected chi connectivity index (χ3v) is 4.78. The molecule has 0 aliphatic carbocycles. The third-order valence-electron chi connectivity index (χ3n) is 1.40. The van der Waals surface area contributed by atoms with E-state index in [0.717, 1.165) is 12.5 Å². The van der Waals surface area contributed by atoms with E-state index in [4.69, 9.17) is 11.2 Å². The predicted molar refractivity (Wildman–Crippen MR) is 64.8 cm³/mol. The summed E-state index contributed by atoms with van der Waals surface area (Å²) >= 11 is 5.32. The molecule has 0 saturated heterocycles. The van der Waals surface area contributed by atoms with Gasteiger partial charge >= 0.3 is 6.95 Å². The Kier molecular flexibility index (Phi) is 6.62. The molecule has 0 aliphatic rings. The molecule has 17 heavy (non-hydrogen) atoms. The fraction of sp³-hybridized carbons (Fsp3) is 1.00. The minimum absolute atomic E-state index is 0.348. The number of halogens is 1. The Morgan fingerprint density at radius 3 is 1.47 bits per heavy atom. The van der Waals surface area contributed by atoms with Crippen molar-refractivity contribution in [3.63, 3.8) is 0 Å². The van der Waals surface area contributed by atoms with Gasteiger partial charge in [-0.05, 0) is 0 Å². The molecule has 0 amide bonds. The predicted octanol–water partition coefficient (Wildman–Crippen LogP) is 0.456. The molecular formula is C6H14ClO7PS2. The van der Waals surface area contributed by atoms with Crippen LogP contribution in [0.15, 0.2) is 0 Å². The summed E-state index contributed by atoms with van der Waals surface area (Å²) in [5, 5.41) is 0. The van der Waals surface area contributed by atoms with Gasteiger partial charge in [0.2, 0.25) is 0 Å². The lowest BCUT2D eigenvalue weighted by Gasteiger charge is -2.10. The number of rotatable bonds is 8. The summed E-state index contributed by atoms with van der Waals surface area (Å²) in [5.74, 6) is -0.696. The summed E-state index contributed by atoms with van der Waals surface area (Å²) in [6.45, 7) is -4.67. The Bertz CT molecular complexity index is 440. The van der Waals surface area contributed by atoms with Crippen LogP contribution in [0.25, 0.3) is 0 Å². The van der Waals surface area contributed by atoms with Gasteiger partial charge in [0.05, 0.1) is 24.7 Å². The Hall–Kier alpha value is 0.340. The van der Waals surface area contributed by atoms with Gasteiger partial charge in [0, 0.05) is 23.8 Å². The fourth-order valence-corrected chi connectivity index (χ4v) is 2.76. The van der Waals surface area contributed by atoms with E-state index in [-0.39, 0.29) is 24.7 Å². The number of hydrogen-bond acceptors (Lipinski definition) is 7. The van der Waals surface area contributed by atoms with Crippen LogP contribution in [0.5, 0.6) is 0 Å². The molecule has 104 valence electrons. The molecule has 0 spiro atoms. The van der Waals surface area contributed by atoms with Gasteiger partial charge in [-0.2, -0.15) is 0 Å². The highest BCUT2D eigenvalue weighted by Gasteiger charge is 2.22. The van der Waals surface area contributed by atoms with Crippen molar-refractivity contribution in [2.45, 2.75) is 0 Å². The zero-order chi connectivity index (χ0) is 13.7. The molecule has 0 radical (unpaired) electrons. The van der Waals surface area contributed by atoms with Crippen LogP contribution >= 0.6 is 18.2 Å². The van der Waals surface area contributed by atoms with E-state index in [1.54, 1.807) is 0 Å². The molecule has 0 unspecified atom stereocenters. The van der Waals surface area contributed by atoms with Crippen LogP contribution in [-0.2, 0) is 33.3 Å². The van der Waals surface area contributed by atoms with Crippen molar-refractivity contribution in [1.29, 1.82) is 0 Å². The summed E-state index contributed by atoms with van der Waals surface area (Å²) in [7, 11) is -6.49. The Balaban J connectivity index is 4.01. The first-order chi connectivity index (χ1) is 7.41. The molecular weight excluding hydrogens is 315 g/mol. The maximum absolute atomic E-state index is 11.3. The molecule has 0 bridgehead atoms. The zero-order valence-corrected chi connectivity index (χ0v) is 12.6. The lowest BCUT2D eigenvalue weighted by Crippen LogP contribution is -2.11. The lowest BCUT2D eigenvalue weighted by molar-refractivity contribution is 0.237. The van der Waals surface area contributed by atoms with Crippen molar-refractivity contribution in [2.24, 2.45) is 0 Å². The van der Waals surface area contributed by atoms with Crippen molar-refractivity contribution in [2.75, 3.05) is 37.2 Å². The first-order valence-corrected chi connectivity index (χ1v) is 10.9. The zero-order valence-electron chi connectivity index (χ0n) is 9.33. The van der Waals surface area contributed by atoms with Gasteiger partial charge in [0.25, 0.3) is 0 Å². The minimum atomic E-state index is -3.92. The Morgan fingerprint density at radius 2 is 1.24 bits per heavy atom. The van der Waals surface area contributed by atoms with Crippen molar-refractivity contribution >= 4 is 37.9 Å². The Labute approximate surface area is 106 Å². The maximum Gasteiger partial charge on any atom is 0.424 e. The normalized spacial score (nSPS) is 13.8. The third kappa shape index (κ3) is 12.6. The standard InChI is InChI=1S/C6H14ClO7PS2/c1-16(9,10)5-3-13-15(7,8)14-4-6-17(2,11)12/h3-6H2,1-2H3. The SMILES string of the molecule is CS(=O)(=O)CCOP(=O)(Cl)OCCS(C)(=O)=O. The first-order valence-electron chi connectivity index (χ1n) is 4.35. The van der Waals surface area contributed by atoms with Crippen molar-refractivity contribution in [3.05, 3.63) is 0 Å². The van der Waals surface area contributed by atoms with Gasteiger partial charge in [-0.3, -0.25) is 9.05 Å². The van der Waals surface area contributed by atoms with Crippen LogP contribution in [0.1, 0.15) is 0 Å². The van der Waals surface area contributed by atoms with Gasteiger partial charge in [0.15, 0.2) is 0 Å². The summed E-state index contributed by atoms with van der Waals surface area (Å²) in [5.41, 5.74) is 0. The second kappa shape index (κ2) is 6.49. The molecule has 7 nitrogen and oxygen atoms in total. The maximum atomic E-state index is 11.3. The van der Waals surface area contributed by atoms with Gasteiger partial charge in [-0.15, -0.1) is 0 Å². The van der Waals surface area contributed by atoms with Crippen LogP contribution < -0.4 is 0 Å². The summed E-state index contributed by atoms with van der Waals surface area (Å²) in [4.78, 5) is 0. The molecule has 0 fully saturated rings. The van der Waals surface area contributed by atoms with E-state index in [1.807, 2.05) is 0 Å². The van der Waals surface area contributed by atoms with Crippen LogP contribution in [0.2, 0.25) is 0 Å². The minimum Gasteiger partial charge on any atom is -0.296 e. The molecule has 0 aromatic carbocycles. The van der Waals surface area contributed by atoms with Gasteiger partial charge in [-0.25, -0.2) is 21.4 Å². The van der Waals surface area contributed by atoms with E-state index in [1.165, 1.54) is 0 Å². The molecule has 0 heterocycles. The molecule has 0 rings (SSSR count). The molecule has 0 aromatic rings. The quantitative estimate of drug-likeness (QED) is 0.596.